The van der Waals surface area contributed by atoms with E-state index < -0.39 is 72.7 Å². The highest BCUT2D eigenvalue weighted by Crippen LogP contribution is 2.68. The minimum Gasteiger partial charge on any atom is -0.462 e. The maximum absolute atomic E-state index is 14.3. The van der Waals surface area contributed by atoms with Gasteiger partial charge in [-0.15, -0.1) is 0 Å². The number of fused-ring (bicyclic) bond motifs is 5. The quantitative estimate of drug-likeness (QED) is 0.0964. The molecule has 0 radical (unpaired) electrons. The number of carbonyl (C=O) groups excluding carboxylic acids is 5. The first-order valence-electron chi connectivity index (χ1n) is 28.5. The molecule has 5 aliphatic carbocycles. The van der Waals surface area contributed by atoms with Crippen molar-refractivity contribution in [2.24, 2.45) is 70.0 Å². The van der Waals surface area contributed by atoms with Gasteiger partial charge in [-0.1, -0.05) is 96.1 Å². The molecule has 412 valence electrons. The van der Waals surface area contributed by atoms with Crippen LogP contribution in [0.25, 0.3) is 0 Å². The van der Waals surface area contributed by atoms with Gasteiger partial charge < -0.3 is 38.6 Å². The smallest absolute Gasteiger partial charge is 0.338 e. The number of aliphatic hydroxyl groups is 2. The molecule has 0 bridgehead atoms. The monoisotopic (exact) mass is 1050 g/mol. The number of rotatable bonds is 17. The number of ketones is 2. The van der Waals surface area contributed by atoms with E-state index in [9.17, 15) is 34.2 Å². The molecule has 1 heterocycles. The van der Waals surface area contributed by atoms with Gasteiger partial charge in [0.15, 0.2) is 12.4 Å². The molecule has 13 heteroatoms. The second-order valence-corrected chi connectivity index (χ2v) is 24.5. The van der Waals surface area contributed by atoms with Gasteiger partial charge in [-0.3, -0.25) is 9.59 Å². The minimum atomic E-state index is -1.07. The van der Waals surface area contributed by atoms with Crippen LogP contribution in [-0.2, 0) is 38.0 Å². The summed E-state index contributed by atoms with van der Waals surface area (Å²) in [7, 11) is 0. The number of esters is 3. The Morgan fingerprint density at radius 3 is 1.92 bits per heavy atom. The molecule has 9 rings (SSSR count). The van der Waals surface area contributed by atoms with Gasteiger partial charge in [-0.25, -0.2) is 14.4 Å². The van der Waals surface area contributed by atoms with Crippen LogP contribution in [0.1, 0.15) is 150 Å². The lowest BCUT2D eigenvalue weighted by Gasteiger charge is -2.61. The Balaban J connectivity index is 0.781. The van der Waals surface area contributed by atoms with E-state index in [1.54, 1.807) is 72.8 Å². The van der Waals surface area contributed by atoms with Crippen molar-refractivity contribution in [3.8, 4) is 0 Å². The summed E-state index contributed by atoms with van der Waals surface area (Å²) in [4.78, 5) is 68.2. The van der Waals surface area contributed by atoms with Crippen LogP contribution in [0.4, 0.5) is 0 Å². The highest BCUT2D eigenvalue weighted by atomic mass is 16.7. The highest BCUT2D eigenvalue weighted by molar-refractivity contribution is 5.92. The maximum atomic E-state index is 14.3. The maximum Gasteiger partial charge on any atom is 0.338 e. The summed E-state index contributed by atoms with van der Waals surface area (Å²) in [5.41, 5.74) is 1.02. The summed E-state index contributed by atoms with van der Waals surface area (Å²) in [6.45, 7) is 14.6. The molecule has 3 aromatic carbocycles. The van der Waals surface area contributed by atoms with Crippen molar-refractivity contribution < 1.29 is 62.6 Å². The average molecular weight is 1050 g/mol. The van der Waals surface area contributed by atoms with Crippen molar-refractivity contribution in [3.05, 3.63) is 108 Å². The second kappa shape index (κ2) is 23.7. The number of aliphatic hydroxyl groups excluding tert-OH is 2. The van der Waals surface area contributed by atoms with Gasteiger partial charge in [0.2, 0.25) is 0 Å². The third-order valence-corrected chi connectivity index (χ3v) is 20.0. The molecule has 13 nitrogen and oxygen atoms in total. The van der Waals surface area contributed by atoms with Gasteiger partial charge in [0.1, 0.15) is 17.7 Å². The van der Waals surface area contributed by atoms with Crippen molar-refractivity contribution >= 4 is 29.5 Å². The first-order valence-corrected chi connectivity index (χ1v) is 28.5. The van der Waals surface area contributed by atoms with E-state index in [1.807, 2.05) is 52.8 Å². The summed E-state index contributed by atoms with van der Waals surface area (Å²) >= 11 is 0. The number of benzene rings is 3. The van der Waals surface area contributed by atoms with Crippen LogP contribution in [0.3, 0.4) is 0 Å². The van der Waals surface area contributed by atoms with Crippen molar-refractivity contribution in [1.29, 1.82) is 0 Å². The van der Waals surface area contributed by atoms with E-state index in [2.05, 4.69) is 13.8 Å². The molecule has 1 saturated heterocycles. The van der Waals surface area contributed by atoms with Crippen molar-refractivity contribution in [1.82, 2.24) is 0 Å². The zero-order valence-corrected chi connectivity index (χ0v) is 45.6. The van der Waals surface area contributed by atoms with E-state index >= 15 is 0 Å². The number of ether oxygens (including phenoxy) is 6. The molecule has 20 atom stereocenters. The SMILES string of the molecule is CC1O[C@@H](OC[C@@H](C)CCC(=O)[C@@H](C)C2C(=O)CC3C4CCC5CC(O[C@@H]6CC(COC(=O)c7ccccc7)[C@H](O)[C@H](C)C6O)CCC5(C)C4CCC32C)C(OC(=O)c2ccccc2)[C@H](OC(=O)c2ccccc2)[C@H]1C. The van der Waals surface area contributed by atoms with E-state index in [1.165, 1.54) is 0 Å². The number of carbonyl (C=O) groups is 5. The van der Waals surface area contributed by atoms with Gasteiger partial charge in [-0.05, 0) is 142 Å². The van der Waals surface area contributed by atoms with E-state index in [4.69, 9.17) is 28.4 Å². The fourth-order valence-corrected chi connectivity index (χ4v) is 15.2. The summed E-state index contributed by atoms with van der Waals surface area (Å²) in [6, 6.07) is 26.1. The lowest BCUT2D eigenvalue weighted by Crippen LogP contribution is -2.57. The predicted octanol–water partition coefficient (Wildman–Crippen LogP) is 10.3. The van der Waals surface area contributed by atoms with Gasteiger partial charge in [0, 0.05) is 42.4 Å². The molecule has 0 spiro atoms. The van der Waals surface area contributed by atoms with Crippen LogP contribution in [0.5, 0.6) is 0 Å². The number of hydrogen-bond donors (Lipinski definition) is 2. The van der Waals surface area contributed by atoms with Crippen molar-refractivity contribution in [2.75, 3.05) is 13.2 Å². The van der Waals surface area contributed by atoms with Crippen LogP contribution in [0.2, 0.25) is 0 Å². The van der Waals surface area contributed by atoms with Gasteiger partial charge >= 0.3 is 17.9 Å². The summed E-state index contributed by atoms with van der Waals surface area (Å²) in [5, 5.41) is 22.5. The average Bonchev–Trinajstić information content (AvgIpc) is 3.87. The van der Waals surface area contributed by atoms with Gasteiger partial charge in [0.25, 0.3) is 0 Å². The zero-order chi connectivity index (χ0) is 54.1. The topological polar surface area (TPSA) is 181 Å². The molecule has 2 N–H and O–H groups in total. The molecule has 3 aromatic rings. The van der Waals surface area contributed by atoms with Crippen LogP contribution < -0.4 is 0 Å². The molecule has 0 amide bonds. The van der Waals surface area contributed by atoms with Crippen LogP contribution >= 0.6 is 0 Å². The van der Waals surface area contributed by atoms with Crippen molar-refractivity contribution in [3.63, 3.8) is 0 Å². The molecular weight excluding hydrogens is 965 g/mol. The lowest BCUT2D eigenvalue weighted by molar-refractivity contribution is -0.280. The summed E-state index contributed by atoms with van der Waals surface area (Å²) < 4.78 is 37.4. The third kappa shape index (κ3) is 11.5. The van der Waals surface area contributed by atoms with Crippen LogP contribution in [0, 0.1) is 70.0 Å². The van der Waals surface area contributed by atoms with Crippen LogP contribution in [-0.4, -0.2) is 102 Å². The fraction of sp³-hybridized carbons (Fsp3) is 0.635. The third-order valence-electron chi connectivity index (χ3n) is 20.0. The van der Waals surface area contributed by atoms with Gasteiger partial charge in [-0.2, -0.15) is 0 Å². The summed E-state index contributed by atoms with van der Waals surface area (Å²) in [5.74, 6) is -1.60. The largest absolute Gasteiger partial charge is 0.462 e. The Morgan fingerprint density at radius 2 is 1.29 bits per heavy atom. The Hall–Kier alpha value is -4.79. The Bertz CT molecular complexity index is 2490. The predicted molar refractivity (Wildman–Crippen MR) is 284 cm³/mol. The van der Waals surface area contributed by atoms with E-state index in [-0.39, 0.29) is 71.3 Å². The molecular formula is C63H82O13. The fourth-order valence-electron chi connectivity index (χ4n) is 15.2. The van der Waals surface area contributed by atoms with E-state index in [0.717, 1.165) is 44.9 Å². The number of hydrogen-bond acceptors (Lipinski definition) is 13. The first-order chi connectivity index (χ1) is 36.4. The molecule has 0 aromatic heterocycles. The normalized spacial score (nSPS) is 37.8. The molecule has 1 aliphatic heterocycles. The lowest BCUT2D eigenvalue weighted by atomic mass is 9.44. The van der Waals surface area contributed by atoms with Crippen molar-refractivity contribution in [2.45, 2.75) is 168 Å². The standard InChI is InChI=1S/C63H82O13/c1-36(34-72-61-57(76-60(70)43-21-15-10-16-22-43)56(37(2)40(5)73-61)75-59(69)42-19-13-9-14-20-42)23-26-50(64)38(3)53-51(65)33-49-47-25-24-45-32-46(27-29-62(45,6)48(47)28-30-63(49,53)7)74-52-31-44(54(66)39(4)55(52)67)35-71-58(68)41-17-11-8-12-18-41/h8-22,36-40,44-49,52-57,61,66-67H,23-35H2,1-7H3/t36-,37-,38+,39-,40?,44?,45?,46?,47?,48?,49?,52+,53?,54+,55?,56+,57?,61+,62?,63?/m0/s1. The first kappa shape index (κ1) is 55.9. The van der Waals surface area contributed by atoms with Gasteiger partial charge in [0.05, 0.1) is 60.4 Å². The van der Waals surface area contributed by atoms with Crippen LogP contribution in [0.15, 0.2) is 91.0 Å². The highest BCUT2D eigenvalue weighted by Gasteiger charge is 2.64. The summed E-state index contributed by atoms with van der Waals surface area (Å²) in [6.07, 6.45) is 3.11. The Kier molecular flexibility index (Phi) is 17.4. The molecule has 12 unspecified atom stereocenters. The Labute approximate surface area is 449 Å². The molecule has 5 saturated carbocycles. The molecule has 6 aliphatic rings. The Morgan fingerprint density at radius 1 is 0.697 bits per heavy atom. The second-order valence-electron chi connectivity index (χ2n) is 24.5. The number of Topliss-reactive ketones (excluding diaryl/α,β-unsaturated/α-hetero) is 2. The minimum absolute atomic E-state index is 0.0182. The molecule has 6 fully saturated rings. The van der Waals surface area contributed by atoms with E-state index in [0.29, 0.717) is 60.1 Å². The molecule has 76 heavy (non-hydrogen) atoms. The zero-order valence-electron chi connectivity index (χ0n) is 45.6.